The third-order valence-electron chi connectivity index (χ3n) is 4.14. The van der Waals surface area contributed by atoms with E-state index in [1.807, 2.05) is 36.1 Å². The van der Waals surface area contributed by atoms with Crippen molar-refractivity contribution in [3.8, 4) is 0 Å². The van der Waals surface area contributed by atoms with Crippen LogP contribution >= 0.6 is 0 Å². The summed E-state index contributed by atoms with van der Waals surface area (Å²) in [5, 5.41) is 2.88. The molecule has 1 aliphatic rings. The first-order chi connectivity index (χ1) is 9.93. The first kappa shape index (κ1) is 15.5. The topological polar surface area (TPSA) is 49.4 Å². The summed E-state index contributed by atoms with van der Waals surface area (Å²) in [6.07, 6.45) is 3.22. The fourth-order valence-electron chi connectivity index (χ4n) is 2.58. The first-order valence-electron chi connectivity index (χ1n) is 7.59. The highest BCUT2D eigenvalue weighted by Crippen LogP contribution is 2.25. The fraction of sp³-hybridized carbons (Fsp3) is 0.529. The normalized spacial score (nSPS) is 15.7. The summed E-state index contributed by atoms with van der Waals surface area (Å²) in [5.41, 5.74) is 0.716. The lowest BCUT2D eigenvalue weighted by molar-refractivity contribution is -0.147. The molecule has 0 saturated carbocycles. The number of anilines is 1. The molecule has 4 heteroatoms. The predicted molar refractivity (Wildman–Crippen MR) is 84.0 cm³/mol. The minimum atomic E-state index is -1.04. The lowest BCUT2D eigenvalue weighted by Crippen LogP contribution is -2.49. The Morgan fingerprint density at radius 2 is 1.71 bits per heavy atom. The Bertz CT molecular complexity index is 531. The molecule has 1 N–H and O–H groups in total. The van der Waals surface area contributed by atoms with Crippen molar-refractivity contribution in [2.24, 2.45) is 5.41 Å². The SMILES string of the molecule is Cc1ccccc1NC(=O)C(C)(C)C(=O)N1CCCCC1. The summed E-state index contributed by atoms with van der Waals surface area (Å²) in [4.78, 5) is 26.9. The van der Waals surface area contributed by atoms with Gasteiger partial charge in [-0.15, -0.1) is 0 Å². The second-order valence-corrected chi connectivity index (χ2v) is 6.25. The average Bonchev–Trinajstić information content (AvgIpc) is 2.49. The van der Waals surface area contributed by atoms with E-state index in [0.717, 1.165) is 37.2 Å². The zero-order valence-corrected chi connectivity index (χ0v) is 13.1. The van der Waals surface area contributed by atoms with Crippen molar-refractivity contribution in [1.82, 2.24) is 4.90 Å². The average molecular weight is 288 g/mol. The number of carbonyl (C=O) groups excluding carboxylic acids is 2. The molecular formula is C17H24N2O2. The molecule has 0 bridgehead atoms. The van der Waals surface area contributed by atoms with Crippen LogP contribution in [0.25, 0.3) is 0 Å². The molecule has 0 radical (unpaired) electrons. The van der Waals surface area contributed by atoms with E-state index in [1.165, 1.54) is 6.42 Å². The number of likely N-dealkylation sites (tertiary alicyclic amines) is 1. The van der Waals surface area contributed by atoms with Crippen molar-refractivity contribution in [1.29, 1.82) is 0 Å². The van der Waals surface area contributed by atoms with E-state index in [0.29, 0.717) is 0 Å². The zero-order chi connectivity index (χ0) is 15.5. The van der Waals surface area contributed by atoms with Crippen LogP contribution < -0.4 is 5.32 Å². The van der Waals surface area contributed by atoms with Gasteiger partial charge in [0.2, 0.25) is 11.8 Å². The van der Waals surface area contributed by atoms with Gasteiger partial charge in [0, 0.05) is 18.8 Å². The largest absolute Gasteiger partial charge is 0.342 e. The van der Waals surface area contributed by atoms with Crippen LogP contribution in [0.3, 0.4) is 0 Å². The highest BCUT2D eigenvalue weighted by molar-refractivity contribution is 6.10. The number of piperidine rings is 1. The third-order valence-corrected chi connectivity index (χ3v) is 4.14. The van der Waals surface area contributed by atoms with E-state index >= 15 is 0 Å². The molecule has 0 aromatic heterocycles. The Kier molecular flexibility index (Phi) is 4.66. The molecule has 1 fully saturated rings. The van der Waals surface area contributed by atoms with E-state index in [1.54, 1.807) is 13.8 Å². The fourth-order valence-corrected chi connectivity index (χ4v) is 2.58. The highest BCUT2D eigenvalue weighted by Gasteiger charge is 2.39. The molecule has 1 aromatic carbocycles. The van der Waals surface area contributed by atoms with Gasteiger partial charge in [0.15, 0.2) is 0 Å². The van der Waals surface area contributed by atoms with E-state index in [-0.39, 0.29) is 11.8 Å². The molecule has 0 spiro atoms. The van der Waals surface area contributed by atoms with E-state index in [2.05, 4.69) is 5.32 Å². The van der Waals surface area contributed by atoms with Gasteiger partial charge in [0.25, 0.3) is 0 Å². The van der Waals surface area contributed by atoms with Crippen LogP contribution in [0.15, 0.2) is 24.3 Å². The minimum absolute atomic E-state index is 0.0757. The molecule has 1 heterocycles. The summed E-state index contributed by atoms with van der Waals surface area (Å²) < 4.78 is 0. The van der Waals surface area contributed by atoms with Crippen LogP contribution in [0.1, 0.15) is 38.7 Å². The third kappa shape index (κ3) is 3.43. The molecule has 1 aromatic rings. The van der Waals surface area contributed by atoms with E-state index in [4.69, 9.17) is 0 Å². The Labute approximate surface area is 126 Å². The molecule has 1 aliphatic heterocycles. The van der Waals surface area contributed by atoms with Crippen LogP contribution in [0.2, 0.25) is 0 Å². The highest BCUT2D eigenvalue weighted by atomic mass is 16.2. The van der Waals surface area contributed by atoms with Gasteiger partial charge in [0.1, 0.15) is 5.41 Å². The molecule has 0 atom stereocenters. The van der Waals surface area contributed by atoms with Crippen molar-refractivity contribution in [3.05, 3.63) is 29.8 Å². The summed E-state index contributed by atoms with van der Waals surface area (Å²) in [6, 6.07) is 7.60. The lowest BCUT2D eigenvalue weighted by atomic mass is 9.89. The summed E-state index contributed by atoms with van der Waals surface area (Å²) >= 11 is 0. The van der Waals surface area contributed by atoms with Crippen molar-refractivity contribution >= 4 is 17.5 Å². The van der Waals surface area contributed by atoms with Crippen molar-refractivity contribution in [3.63, 3.8) is 0 Å². The maximum Gasteiger partial charge on any atom is 0.239 e. The number of carbonyl (C=O) groups is 2. The number of amides is 2. The van der Waals surface area contributed by atoms with Gasteiger partial charge in [-0.05, 0) is 51.7 Å². The van der Waals surface area contributed by atoms with Gasteiger partial charge in [0.05, 0.1) is 0 Å². The van der Waals surface area contributed by atoms with Crippen LogP contribution in [0.5, 0.6) is 0 Å². The van der Waals surface area contributed by atoms with Gasteiger partial charge in [-0.25, -0.2) is 0 Å². The molecule has 4 nitrogen and oxygen atoms in total. The second-order valence-electron chi connectivity index (χ2n) is 6.25. The molecule has 1 saturated heterocycles. The number of hydrogen-bond acceptors (Lipinski definition) is 2. The number of rotatable bonds is 3. The van der Waals surface area contributed by atoms with Gasteiger partial charge in [-0.2, -0.15) is 0 Å². The second kappa shape index (κ2) is 6.29. The Morgan fingerprint density at radius 1 is 1.10 bits per heavy atom. The smallest absolute Gasteiger partial charge is 0.239 e. The molecule has 114 valence electrons. The van der Waals surface area contributed by atoms with E-state index in [9.17, 15) is 9.59 Å². The van der Waals surface area contributed by atoms with Gasteiger partial charge >= 0.3 is 0 Å². The monoisotopic (exact) mass is 288 g/mol. The van der Waals surface area contributed by atoms with Crippen LogP contribution in [0, 0.1) is 12.3 Å². The van der Waals surface area contributed by atoms with Crippen LogP contribution in [-0.4, -0.2) is 29.8 Å². The summed E-state index contributed by atoms with van der Waals surface area (Å²) in [7, 11) is 0. The molecular weight excluding hydrogens is 264 g/mol. The van der Waals surface area contributed by atoms with Crippen molar-refractivity contribution in [2.45, 2.75) is 40.0 Å². The van der Waals surface area contributed by atoms with E-state index < -0.39 is 5.41 Å². The lowest BCUT2D eigenvalue weighted by Gasteiger charge is -2.33. The van der Waals surface area contributed by atoms with Crippen LogP contribution in [-0.2, 0) is 9.59 Å². The standard InChI is InChI=1S/C17H24N2O2/c1-13-9-5-6-10-14(13)18-15(20)17(2,3)16(21)19-11-7-4-8-12-19/h5-6,9-10H,4,7-8,11-12H2,1-3H3,(H,18,20). The predicted octanol–water partition coefficient (Wildman–Crippen LogP) is 2.97. The summed E-state index contributed by atoms with van der Waals surface area (Å²) in [5.74, 6) is -0.319. The van der Waals surface area contributed by atoms with Crippen molar-refractivity contribution in [2.75, 3.05) is 18.4 Å². The molecule has 21 heavy (non-hydrogen) atoms. The van der Waals surface area contributed by atoms with Crippen molar-refractivity contribution < 1.29 is 9.59 Å². The number of nitrogens with one attached hydrogen (secondary N) is 1. The number of para-hydroxylation sites is 1. The first-order valence-corrected chi connectivity index (χ1v) is 7.59. The Balaban J connectivity index is 2.09. The van der Waals surface area contributed by atoms with Gasteiger partial charge in [-0.1, -0.05) is 18.2 Å². The quantitative estimate of drug-likeness (QED) is 0.869. The van der Waals surface area contributed by atoms with Gasteiger partial charge in [-0.3, -0.25) is 9.59 Å². The maximum atomic E-state index is 12.6. The number of hydrogen-bond donors (Lipinski definition) is 1. The Hall–Kier alpha value is -1.84. The zero-order valence-electron chi connectivity index (χ0n) is 13.1. The minimum Gasteiger partial charge on any atom is -0.342 e. The molecule has 2 rings (SSSR count). The van der Waals surface area contributed by atoms with Gasteiger partial charge < -0.3 is 10.2 Å². The molecule has 2 amide bonds. The maximum absolute atomic E-state index is 12.6. The number of aryl methyl sites for hydroxylation is 1. The Morgan fingerprint density at radius 3 is 2.33 bits per heavy atom. The number of benzene rings is 1. The summed E-state index contributed by atoms with van der Waals surface area (Å²) in [6.45, 7) is 6.88. The van der Waals surface area contributed by atoms with Crippen LogP contribution in [0.4, 0.5) is 5.69 Å². The molecule has 0 aliphatic carbocycles. The molecule has 0 unspecified atom stereocenters. The number of nitrogens with zero attached hydrogens (tertiary/aromatic N) is 1.